The standard InChI is InChI=1S/C10H11N3O/c1-2-9-8-4-3-5-11-10(8)13(12-9)6-7-14/h3-5,7H,2,6H2,1H3. The number of rotatable bonds is 3. The second-order valence-electron chi connectivity index (χ2n) is 3.02. The van der Waals surface area contributed by atoms with Gasteiger partial charge in [0, 0.05) is 11.6 Å². The molecule has 0 radical (unpaired) electrons. The normalized spacial score (nSPS) is 10.6. The molecule has 0 aliphatic rings. The van der Waals surface area contributed by atoms with Crippen LogP contribution in [0.1, 0.15) is 12.6 Å². The molecule has 0 unspecified atom stereocenters. The predicted molar refractivity (Wildman–Crippen MR) is 53.0 cm³/mol. The maximum Gasteiger partial charge on any atom is 0.158 e. The van der Waals surface area contributed by atoms with E-state index in [9.17, 15) is 4.79 Å². The lowest BCUT2D eigenvalue weighted by atomic mass is 10.2. The minimum atomic E-state index is 0.271. The van der Waals surface area contributed by atoms with E-state index in [2.05, 4.69) is 10.1 Å². The van der Waals surface area contributed by atoms with Crippen molar-refractivity contribution in [2.24, 2.45) is 0 Å². The SMILES string of the molecule is CCc1nn(CC=O)c2ncccc12. The zero-order valence-corrected chi connectivity index (χ0v) is 7.97. The number of hydrogen-bond donors (Lipinski definition) is 0. The number of aryl methyl sites for hydroxylation is 1. The van der Waals surface area contributed by atoms with Crippen LogP contribution >= 0.6 is 0 Å². The number of hydrogen-bond acceptors (Lipinski definition) is 3. The van der Waals surface area contributed by atoms with E-state index < -0.39 is 0 Å². The highest BCUT2D eigenvalue weighted by Crippen LogP contribution is 2.15. The van der Waals surface area contributed by atoms with Crippen LogP contribution < -0.4 is 0 Å². The van der Waals surface area contributed by atoms with Gasteiger partial charge in [0.15, 0.2) is 5.65 Å². The Bertz CT molecular complexity index is 461. The van der Waals surface area contributed by atoms with Crippen LogP contribution in [0.15, 0.2) is 18.3 Å². The number of fused-ring (bicyclic) bond motifs is 1. The van der Waals surface area contributed by atoms with E-state index in [1.807, 2.05) is 19.1 Å². The minimum absolute atomic E-state index is 0.271. The van der Waals surface area contributed by atoms with E-state index >= 15 is 0 Å². The Labute approximate surface area is 81.6 Å². The first kappa shape index (κ1) is 8.87. The van der Waals surface area contributed by atoms with Crippen molar-refractivity contribution in [1.82, 2.24) is 14.8 Å². The van der Waals surface area contributed by atoms with Gasteiger partial charge in [-0.05, 0) is 18.6 Å². The van der Waals surface area contributed by atoms with Crippen molar-refractivity contribution < 1.29 is 4.79 Å². The lowest BCUT2D eigenvalue weighted by Crippen LogP contribution is -2.02. The van der Waals surface area contributed by atoms with Crippen LogP contribution in [0, 0.1) is 0 Å². The Balaban J connectivity index is 2.66. The van der Waals surface area contributed by atoms with Crippen LogP contribution in [0.5, 0.6) is 0 Å². The van der Waals surface area contributed by atoms with Gasteiger partial charge in [-0.2, -0.15) is 5.10 Å². The topological polar surface area (TPSA) is 47.8 Å². The van der Waals surface area contributed by atoms with Crippen LogP contribution in [-0.4, -0.2) is 21.1 Å². The molecule has 0 atom stereocenters. The van der Waals surface area contributed by atoms with Gasteiger partial charge < -0.3 is 4.79 Å². The Kier molecular flexibility index (Phi) is 2.26. The molecule has 0 fully saturated rings. The lowest BCUT2D eigenvalue weighted by Gasteiger charge is -1.93. The van der Waals surface area contributed by atoms with Crippen molar-refractivity contribution in [2.45, 2.75) is 19.9 Å². The first-order valence-electron chi connectivity index (χ1n) is 4.61. The summed E-state index contributed by atoms with van der Waals surface area (Å²) in [7, 11) is 0. The molecule has 2 aromatic heterocycles. The maximum absolute atomic E-state index is 10.4. The summed E-state index contributed by atoms with van der Waals surface area (Å²) >= 11 is 0. The summed E-state index contributed by atoms with van der Waals surface area (Å²) in [6, 6.07) is 3.86. The van der Waals surface area contributed by atoms with E-state index in [1.54, 1.807) is 10.9 Å². The van der Waals surface area contributed by atoms with Gasteiger partial charge in [-0.15, -0.1) is 0 Å². The number of aldehydes is 1. The molecule has 0 aliphatic heterocycles. The summed E-state index contributed by atoms with van der Waals surface area (Å²) in [5.74, 6) is 0. The molecule has 0 aliphatic carbocycles. The first-order chi connectivity index (χ1) is 6.86. The number of pyridine rings is 1. The minimum Gasteiger partial charge on any atom is -0.301 e. The Morgan fingerprint density at radius 2 is 2.43 bits per heavy atom. The summed E-state index contributed by atoms with van der Waals surface area (Å²) in [6.45, 7) is 2.31. The molecule has 0 aromatic carbocycles. The third-order valence-electron chi connectivity index (χ3n) is 2.17. The molecule has 4 heteroatoms. The fourth-order valence-electron chi connectivity index (χ4n) is 1.53. The van der Waals surface area contributed by atoms with Crippen LogP contribution in [-0.2, 0) is 17.8 Å². The molecule has 2 aromatic rings. The zero-order valence-electron chi connectivity index (χ0n) is 7.97. The molecule has 14 heavy (non-hydrogen) atoms. The molecule has 4 nitrogen and oxygen atoms in total. The van der Waals surface area contributed by atoms with E-state index in [0.29, 0.717) is 0 Å². The van der Waals surface area contributed by atoms with Gasteiger partial charge in [-0.25, -0.2) is 9.67 Å². The molecule has 0 saturated carbocycles. The van der Waals surface area contributed by atoms with E-state index in [0.717, 1.165) is 29.4 Å². The quantitative estimate of drug-likeness (QED) is 0.681. The van der Waals surface area contributed by atoms with Gasteiger partial charge in [0.25, 0.3) is 0 Å². The van der Waals surface area contributed by atoms with Crippen molar-refractivity contribution >= 4 is 17.3 Å². The summed E-state index contributed by atoms with van der Waals surface area (Å²) in [4.78, 5) is 14.6. The van der Waals surface area contributed by atoms with E-state index in [4.69, 9.17) is 0 Å². The Hall–Kier alpha value is -1.71. The molecule has 72 valence electrons. The van der Waals surface area contributed by atoms with Gasteiger partial charge in [-0.3, -0.25) is 0 Å². The van der Waals surface area contributed by atoms with Crippen molar-refractivity contribution in [1.29, 1.82) is 0 Å². The molecule has 0 saturated heterocycles. The Morgan fingerprint density at radius 3 is 3.14 bits per heavy atom. The summed E-state index contributed by atoms with van der Waals surface area (Å²) in [6.07, 6.45) is 3.40. The summed E-state index contributed by atoms with van der Waals surface area (Å²) < 4.78 is 1.64. The maximum atomic E-state index is 10.4. The molecule has 0 bridgehead atoms. The van der Waals surface area contributed by atoms with Gasteiger partial charge in [0.1, 0.15) is 6.29 Å². The van der Waals surface area contributed by atoms with Gasteiger partial charge in [0.05, 0.1) is 12.2 Å². The lowest BCUT2D eigenvalue weighted by molar-refractivity contribution is -0.108. The molecule has 0 amide bonds. The molecular formula is C10H11N3O. The van der Waals surface area contributed by atoms with Crippen LogP contribution in [0.2, 0.25) is 0 Å². The fraction of sp³-hybridized carbons (Fsp3) is 0.300. The van der Waals surface area contributed by atoms with Crippen LogP contribution in [0.4, 0.5) is 0 Å². The molecule has 2 heterocycles. The molecule has 0 spiro atoms. The highest BCUT2D eigenvalue weighted by Gasteiger charge is 2.08. The second kappa shape index (κ2) is 3.57. The zero-order chi connectivity index (χ0) is 9.97. The fourth-order valence-corrected chi connectivity index (χ4v) is 1.53. The van der Waals surface area contributed by atoms with Gasteiger partial charge in [-0.1, -0.05) is 6.92 Å². The number of carbonyl (C=O) groups excluding carboxylic acids is 1. The van der Waals surface area contributed by atoms with Crippen molar-refractivity contribution in [2.75, 3.05) is 0 Å². The van der Waals surface area contributed by atoms with Crippen molar-refractivity contribution in [3.63, 3.8) is 0 Å². The summed E-state index contributed by atoms with van der Waals surface area (Å²) in [5.41, 5.74) is 1.78. The second-order valence-corrected chi connectivity index (χ2v) is 3.02. The van der Waals surface area contributed by atoms with Crippen LogP contribution in [0.25, 0.3) is 11.0 Å². The average Bonchev–Trinajstić information content (AvgIpc) is 2.58. The molecule has 0 N–H and O–H groups in total. The third-order valence-corrected chi connectivity index (χ3v) is 2.17. The Morgan fingerprint density at radius 1 is 1.57 bits per heavy atom. The van der Waals surface area contributed by atoms with E-state index in [-0.39, 0.29) is 6.54 Å². The van der Waals surface area contributed by atoms with Crippen molar-refractivity contribution in [3.8, 4) is 0 Å². The third kappa shape index (κ3) is 1.28. The summed E-state index contributed by atoms with van der Waals surface area (Å²) in [5, 5.41) is 5.36. The molecular weight excluding hydrogens is 178 g/mol. The largest absolute Gasteiger partial charge is 0.301 e. The number of carbonyl (C=O) groups is 1. The smallest absolute Gasteiger partial charge is 0.158 e. The molecule has 2 rings (SSSR count). The first-order valence-corrected chi connectivity index (χ1v) is 4.61. The highest BCUT2D eigenvalue weighted by atomic mass is 16.1. The number of aromatic nitrogens is 3. The van der Waals surface area contributed by atoms with Crippen LogP contribution in [0.3, 0.4) is 0 Å². The van der Waals surface area contributed by atoms with Crippen molar-refractivity contribution in [3.05, 3.63) is 24.0 Å². The average molecular weight is 189 g/mol. The number of nitrogens with zero attached hydrogens (tertiary/aromatic N) is 3. The highest BCUT2D eigenvalue weighted by molar-refractivity contribution is 5.78. The monoisotopic (exact) mass is 189 g/mol. The predicted octanol–water partition coefficient (Wildman–Crippen LogP) is 1.19. The van der Waals surface area contributed by atoms with Gasteiger partial charge >= 0.3 is 0 Å². The van der Waals surface area contributed by atoms with Gasteiger partial charge in [0.2, 0.25) is 0 Å². The van der Waals surface area contributed by atoms with E-state index in [1.165, 1.54) is 0 Å².